The molecule has 10 heteroatoms. The van der Waals surface area contributed by atoms with Crippen molar-refractivity contribution in [3.8, 4) is 0 Å². The molecular formula is C17H21N3O5S2. The molecule has 1 aliphatic heterocycles. The number of carbonyl (C=O) groups excluding carboxylic acids is 1. The zero-order valence-corrected chi connectivity index (χ0v) is 16.5. The molecule has 0 radical (unpaired) electrons. The first-order valence-electron chi connectivity index (χ1n) is 8.46. The van der Waals surface area contributed by atoms with Crippen molar-refractivity contribution in [1.29, 1.82) is 0 Å². The Morgan fingerprint density at radius 3 is 2.48 bits per heavy atom. The Labute approximate surface area is 161 Å². The third-order valence-electron chi connectivity index (χ3n) is 4.30. The van der Waals surface area contributed by atoms with Crippen LogP contribution in [0, 0.1) is 6.92 Å². The summed E-state index contributed by atoms with van der Waals surface area (Å²) in [7, 11) is -3.52. The molecule has 1 aromatic carbocycles. The van der Waals surface area contributed by atoms with Gasteiger partial charge in [-0.3, -0.25) is 14.2 Å². The number of carbonyl (C=O) groups is 1. The van der Waals surface area contributed by atoms with E-state index in [1.807, 2.05) is 0 Å². The first kappa shape index (κ1) is 19.7. The van der Waals surface area contributed by atoms with Gasteiger partial charge in [-0.05, 0) is 24.6 Å². The Balaban J connectivity index is 1.59. The predicted molar refractivity (Wildman–Crippen MR) is 101 cm³/mol. The lowest BCUT2D eigenvalue weighted by molar-refractivity contribution is -0.121. The molecule has 0 spiro atoms. The number of ether oxygens (including phenoxy) is 1. The van der Waals surface area contributed by atoms with E-state index in [0.717, 1.165) is 22.6 Å². The van der Waals surface area contributed by atoms with Crippen LogP contribution in [0.1, 0.15) is 11.3 Å². The summed E-state index contributed by atoms with van der Waals surface area (Å²) < 4.78 is 33.2. The van der Waals surface area contributed by atoms with E-state index >= 15 is 0 Å². The quantitative estimate of drug-likeness (QED) is 0.749. The van der Waals surface area contributed by atoms with Crippen molar-refractivity contribution in [2.75, 3.05) is 26.3 Å². The number of rotatable bonds is 6. The van der Waals surface area contributed by atoms with Gasteiger partial charge < -0.3 is 10.1 Å². The number of amides is 1. The number of morpholine rings is 1. The summed E-state index contributed by atoms with van der Waals surface area (Å²) in [5, 5.41) is 4.45. The molecule has 0 unspecified atom stereocenters. The molecule has 1 aromatic heterocycles. The van der Waals surface area contributed by atoms with Crippen LogP contribution in [0.25, 0.3) is 0 Å². The van der Waals surface area contributed by atoms with Crippen molar-refractivity contribution in [2.45, 2.75) is 24.9 Å². The number of benzene rings is 1. The Bertz CT molecular complexity index is 957. The number of sulfonamides is 1. The number of nitrogens with zero attached hydrogens (tertiary/aromatic N) is 2. The third kappa shape index (κ3) is 4.64. The maximum absolute atomic E-state index is 12.6. The summed E-state index contributed by atoms with van der Waals surface area (Å²) in [5.74, 6) is -0.274. The van der Waals surface area contributed by atoms with Gasteiger partial charge in [0.05, 0.1) is 18.1 Å². The van der Waals surface area contributed by atoms with E-state index in [4.69, 9.17) is 4.74 Å². The molecule has 8 nitrogen and oxygen atoms in total. The van der Waals surface area contributed by atoms with Gasteiger partial charge in [-0.25, -0.2) is 8.42 Å². The lowest BCUT2D eigenvalue weighted by Crippen LogP contribution is -2.40. The highest BCUT2D eigenvalue weighted by Crippen LogP contribution is 2.17. The summed E-state index contributed by atoms with van der Waals surface area (Å²) in [6, 6.07) is 6.44. The minimum absolute atomic E-state index is 0.0301. The molecule has 0 aliphatic carbocycles. The first-order chi connectivity index (χ1) is 12.9. The molecular weight excluding hydrogens is 390 g/mol. The van der Waals surface area contributed by atoms with E-state index in [2.05, 4.69) is 5.32 Å². The maximum Gasteiger partial charge on any atom is 0.307 e. The molecule has 1 fully saturated rings. The SMILES string of the molecule is Cc1csc(=O)n1CC(=O)NCc1ccc(S(=O)(=O)N2CCOCC2)cc1. The number of aryl methyl sites for hydroxylation is 1. The average Bonchev–Trinajstić information content (AvgIpc) is 2.99. The molecule has 0 saturated carbocycles. The highest BCUT2D eigenvalue weighted by atomic mass is 32.2. The topological polar surface area (TPSA) is 97.7 Å². The Kier molecular flexibility index (Phi) is 6.10. The number of thiazole rings is 1. The van der Waals surface area contributed by atoms with Crippen LogP contribution in [-0.2, 0) is 32.6 Å². The predicted octanol–water partition coefficient (Wildman–Crippen LogP) is 0.556. The fourth-order valence-corrected chi connectivity index (χ4v) is 4.85. The molecule has 1 saturated heterocycles. The lowest BCUT2D eigenvalue weighted by atomic mass is 10.2. The molecule has 0 atom stereocenters. The van der Waals surface area contributed by atoms with Crippen molar-refractivity contribution in [3.63, 3.8) is 0 Å². The highest BCUT2D eigenvalue weighted by molar-refractivity contribution is 7.89. The van der Waals surface area contributed by atoms with E-state index in [0.29, 0.717) is 26.3 Å². The van der Waals surface area contributed by atoms with Crippen LogP contribution in [0.5, 0.6) is 0 Å². The van der Waals surface area contributed by atoms with Gasteiger partial charge in [0.25, 0.3) is 0 Å². The van der Waals surface area contributed by atoms with E-state index in [-0.39, 0.29) is 28.8 Å². The summed E-state index contributed by atoms with van der Waals surface area (Å²) in [5.41, 5.74) is 1.52. The molecule has 2 aromatic rings. The summed E-state index contributed by atoms with van der Waals surface area (Å²) in [4.78, 5) is 23.7. The van der Waals surface area contributed by atoms with Crippen LogP contribution < -0.4 is 10.2 Å². The fourth-order valence-electron chi connectivity index (χ4n) is 2.71. The minimum Gasteiger partial charge on any atom is -0.379 e. The van der Waals surface area contributed by atoms with Crippen molar-refractivity contribution >= 4 is 27.3 Å². The van der Waals surface area contributed by atoms with Gasteiger partial charge in [0.1, 0.15) is 6.54 Å². The molecule has 0 bridgehead atoms. The smallest absolute Gasteiger partial charge is 0.307 e. The van der Waals surface area contributed by atoms with Crippen molar-refractivity contribution in [1.82, 2.24) is 14.2 Å². The minimum atomic E-state index is -3.52. The normalized spacial score (nSPS) is 15.6. The van der Waals surface area contributed by atoms with Crippen molar-refractivity contribution in [2.24, 2.45) is 0 Å². The highest BCUT2D eigenvalue weighted by Gasteiger charge is 2.26. The molecule has 27 heavy (non-hydrogen) atoms. The van der Waals surface area contributed by atoms with Crippen LogP contribution in [0.15, 0.2) is 39.3 Å². The number of nitrogens with one attached hydrogen (secondary N) is 1. The lowest BCUT2D eigenvalue weighted by Gasteiger charge is -2.26. The van der Waals surface area contributed by atoms with Gasteiger partial charge in [-0.2, -0.15) is 4.31 Å². The van der Waals surface area contributed by atoms with Gasteiger partial charge in [0.2, 0.25) is 15.9 Å². The van der Waals surface area contributed by atoms with Crippen molar-refractivity contribution in [3.05, 3.63) is 50.6 Å². The van der Waals surface area contributed by atoms with Crippen LogP contribution in [0.4, 0.5) is 0 Å². The summed E-state index contributed by atoms with van der Waals surface area (Å²) in [6.07, 6.45) is 0. The molecule has 1 N–H and O–H groups in total. The Morgan fingerprint density at radius 2 is 1.89 bits per heavy atom. The van der Waals surface area contributed by atoms with Crippen LogP contribution in [0.2, 0.25) is 0 Å². The average molecular weight is 412 g/mol. The number of aromatic nitrogens is 1. The van der Waals surface area contributed by atoms with Gasteiger partial charge in [0, 0.05) is 30.7 Å². The Morgan fingerprint density at radius 1 is 1.22 bits per heavy atom. The second-order valence-electron chi connectivity index (χ2n) is 6.17. The zero-order valence-electron chi connectivity index (χ0n) is 14.9. The standard InChI is InChI=1S/C17H21N3O5S2/c1-13-12-26-17(22)20(13)11-16(21)18-10-14-2-4-15(5-3-14)27(23,24)19-6-8-25-9-7-19/h2-5,12H,6-11H2,1H3,(H,18,21). The largest absolute Gasteiger partial charge is 0.379 e. The van der Waals surface area contributed by atoms with Crippen LogP contribution >= 0.6 is 11.3 Å². The first-order valence-corrected chi connectivity index (χ1v) is 10.8. The molecule has 1 amide bonds. The summed E-state index contributed by atoms with van der Waals surface area (Å²) >= 11 is 1.06. The van der Waals surface area contributed by atoms with Crippen LogP contribution in [-0.4, -0.2) is 49.5 Å². The van der Waals surface area contributed by atoms with Gasteiger partial charge in [0.15, 0.2) is 0 Å². The van der Waals surface area contributed by atoms with E-state index in [1.54, 1.807) is 36.6 Å². The Hall–Kier alpha value is -2.01. The second-order valence-corrected chi connectivity index (χ2v) is 8.92. The van der Waals surface area contributed by atoms with Gasteiger partial charge >= 0.3 is 4.87 Å². The molecule has 146 valence electrons. The van der Waals surface area contributed by atoms with Crippen LogP contribution in [0.3, 0.4) is 0 Å². The fraction of sp³-hybridized carbons (Fsp3) is 0.412. The second kappa shape index (κ2) is 8.34. The number of hydrogen-bond acceptors (Lipinski definition) is 6. The zero-order chi connectivity index (χ0) is 19.4. The van der Waals surface area contributed by atoms with Gasteiger partial charge in [-0.15, -0.1) is 0 Å². The number of hydrogen-bond donors (Lipinski definition) is 1. The van der Waals surface area contributed by atoms with Crippen molar-refractivity contribution < 1.29 is 17.9 Å². The van der Waals surface area contributed by atoms with E-state index < -0.39 is 10.0 Å². The molecule has 3 rings (SSSR count). The van der Waals surface area contributed by atoms with E-state index in [1.165, 1.54) is 8.87 Å². The summed E-state index contributed by atoms with van der Waals surface area (Å²) in [6.45, 7) is 3.50. The third-order valence-corrected chi connectivity index (χ3v) is 7.09. The maximum atomic E-state index is 12.6. The van der Waals surface area contributed by atoms with Gasteiger partial charge in [-0.1, -0.05) is 23.5 Å². The molecule has 1 aliphatic rings. The molecule has 2 heterocycles. The monoisotopic (exact) mass is 411 g/mol. The van der Waals surface area contributed by atoms with E-state index in [9.17, 15) is 18.0 Å².